The van der Waals surface area contributed by atoms with Crippen molar-refractivity contribution >= 4 is 17.5 Å². The number of carboxylic acid groups (broad SMARTS) is 1. The predicted octanol–water partition coefficient (Wildman–Crippen LogP) is 1.42. The molecule has 5 heteroatoms. The second-order valence-corrected chi connectivity index (χ2v) is 3.23. The topological polar surface area (TPSA) is 68.0 Å². The van der Waals surface area contributed by atoms with Crippen LogP contribution in [0.1, 0.15) is 20.8 Å². The van der Waals surface area contributed by atoms with Gasteiger partial charge in [0.15, 0.2) is 0 Å². The van der Waals surface area contributed by atoms with Gasteiger partial charge in [-0.15, -0.1) is 0 Å². The van der Waals surface area contributed by atoms with Crippen molar-refractivity contribution in [2.45, 2.75) is 0 Å². The van der Waals surface area contributed by atoms with Crippen LogP contribution in [0.5, 0.6) is 0 Å². The van der Waals surface area contributed by atoms with Gasteiger partial charge in [0.2, 0.25) is 0 Å². The summed E-state index contributed by atoms with van der Waals surface area (Å²) in [6.45, 7) is 0. The number of carbonyl (C=O) groups excluding carboxylic acids is 1. The molecule has 0 atom stereocenters. The van der Waals surface area contributed by atoms with Crippen molar-refractivity contribution < 1.29 is 19.4 Å². The fourth-order valence-corrected chi connectivity index (χ4v) is 1.51. The minimum Gasteiger partial charge on any atom is -0.478 e. The first kappa shape index (κ1) is 10.2. The molecule has 0 aromatic carbocycles. The molecule has 0 spiro atoms. The number of pyridine rings is 1. The van der Waals surface area contributed by atoms with Crippen LogP contribution in [0.15, 0.2) is 30.5 Å². The minimum atomic E-state index is -0.997. The Balaban J connectivity index is 2.59. The van der Waals surface area contributed by atoms with E-state index in [1.165, 1.54) is 25.4 Å². The van der Waals surface area contributed by atoms with Gasteiger partial charge in [-0.05, 0) is 24.3 Å². The zero-order valence-electron chi connectivity index (χ0n) is 8.51. The molecule has 0 saturated heterocycles. The van der Waals surface area contributed by atoms with E-state index in [1.807, 2.05) is 0 Å². The smallest absolute Gasteiger partial charge is 0.355 e. The lowest BCUT2D eigenvalue weighted by Crippen LogP contribution is -2.05. The van der Waals surface area contributed by atoms with E-state index < -0.39 is 11.9 Å². The highest BCUT2D eigenvalue weighted by Gasteiger charge is 2.12. The molecule has 0 aliphatic rings. The number of carbonyl (C=O) groups is 2. The molecule has 0 fully saturated rings. The van der Waals surface area contributed by atoms with Crippen LogP contribution in [0.4, 0.5) is 0 Å². The Kier molecular flexibility index (Phi) is 2.36. The lowest BCUT2D eigenvalue weighted by atomic mass is 10.2. The Morgan fingerprint density at radius 3 is 2.69 bits per heavy atom. The third-order valence-electron chi connectivity index (χ3n) is 2.30. The number of ether oxygens (including phenoxy) is 1. The van der Waals surface area contributed by atoms with E-state index in [1.54, 1.807) is 16.5 Å². The predicted molar refractivity (Wildman–Crippen MR) is 55.7 cm³/mol. The molecule has 0 aliphatic carbocycles. The van der Waals surface area contributed by atoms with E-state index >= 15 is 0 Å². The quantitative estimate of drug-likeness (QED) is 0.775. The lowest BCUT2D eigenvalue weighted by molar-refractivity contribution is 0.0592. The zero-order valence-corrected chi connectivity index (χ0v) is 8.51. The Morgan fingerprint density at radius 1 is 1.31 bits per heavy atom. The van der Waals surface area contributed by atoms with Crippen LogP contribution < -0.4 is 0 Å². The van der Waals surface area contributed by atoms with E-state index in [-0.39, 0.29) is 5.56 Å². The van der Waals surface area contributed by atoms with Crippen molar-refractivity contribution in [2.75, 3.05) is 7.11 Å². The van der Waals surface area contributed by atoms with Crippen LogP contribution in [0.3, 0.4) is 0 Å². The first-order valence-corrected chi connectivity index (χ1v) is 4.56. The van der Waals surface area contributed by atoms with Crippen LogP contribution in [0.25, 0.3) is 5.52 Å². The lowest BCUT2D eigenvalue weighted by Gasteiger charge is -2.01. The van der Waals surface area contributed by atoms with E-state index in [9.17, 15) is 9.59 Å². The third-order valence-corrected chi connectivity index (χ3v) is 2.30. The average Bonchev–Trinajstić information content (AvgIpc) is 2.70. The van der Waals surface area contributed by atoms with E-state index in [0.29, 0.717) is 11.2 Å². The maximum atomic E-state index is 11.3. The van der Waals surface area contributed by atoms with Gasteiger partial charge in [-0.2, -0.15) is 0 Å². The van der Waals surface area contributed by atoms with Crippen LogP contribution in [0.2, 0.25) is 0 Å². The Bertz CT molecular complexity index is 570. The van der Waals surface area contributed by atoms with Gasteiger partial charge in [0.25, 0.3) is 0 Å². The highest BCUT2D eigenvalue weighted by atomic mass is 16.5. The van der Waals surface area contributed by atoms with Crippen molar-refractivity contribution in [1.82, 2.24) is 4.40 Å². The number of carboxylic acids is 1. The van der Waals surface area contributed by atoms with Crippen LogP contribution in [-0.4, -0.2) is 28.6 Å². The van der Waals surface area contributed by atoms with Crippen LogP contribution in [0, 0.1) is 0 Å². The first-order chi connectivity index (χ1) is 7.63. The molecule has 0 radical (unpaired) electrons. The molecule has 2 heterocycles. The Morgan fingerprint density at radius 2 is 2.06 bits per heavy atom. The summed E-state index contributed by atoms with van der Waals surface area (Å²) in [6, 6.07) is 6.18. The normalized spacial score (nSPS) is 10.3. The molecule has 0 bridgehead atoms. The number of rotatable bonds is 2. The Hall–Kier alpha value is -2.30. The number of methoxy groups -OCH3 is 1. The van der Waals surface area contributed by atoms with Gasteiger partial charge < -0.3 is 14.2 Å². The summed E-state index contributed by atoms with van der Waals surface area (Å²) in [5, 5.41) is 8.81. The minimum absolute atomic E-state index is 0.182. The number of fused-ring (bicyclic) bond motifs is 1. The number of nitrogens with zero attached hydrogens (tertiary/aromatic N) is 1. The molecule has 0 saturated carbocycles. The molecular formula is C11H9NO4. The van der Waals surface area contributed by atoms with Gasteiger partial charge in [-0.25, -0.2) is 9.59 Å². The maximum Gasteiger partial charge on any atom is 0.355 e. The van der Waals surface area contributed by atoms with E-state index in [0.717, 1.165) is 0 Å². The summed E-state index contributed by atoms with van der Waals surface area (Å²) in [6.07, 6.45) is 1.53. The SMILES string of the molecule is COC(=O)c1ccc2cc(C(=O)O)ccn12. The van der Waals surface area contributed by atoms with Crippen molar-refractivity contribution in [3.8, 4) is 0 Å². The molecule has 16 heavy (non-hydrogen) atoms. The largest absolute Gasteiger partial charge is 0.478 e. The van der Waals surface area contributed by atoms with Crippen LogP contribution in [-0.2, 0) is 4.74 Å². The number of hydrogen-bond donors (Lipinski definition) is 1. The molecule has 0 amide bonds. The second-order valence-electron chi connectivity index (χ2n) is 3.23. The summed E-state index contributed by atoms with van der Waals surface area (Å²) in [4.78, 5) is 22.1. The molecule has 82 valence electrons. The van der Waals surface area contributed by atoms with Crippen molar-refractivity contribution in [3.05, 3.63) is 41.7 Å². The molecule has 2 rings (SSSR count). The second kappa shape index (κ2) is 3.69. The summed E-state index contributed by atoms with van der Waals surface area (Å²) in [5.74, 6) is -1.45. The molecular weight excluding hydrogens is 210 g/mol. The molecule has 0 unspecified atom stereocenters. The first-order valence-electron chi connectivity index (χ1n) is 4.56. The van der Waals surface area contributed by atoms with Gasteiger partial charge in [-0.3, -0.25) is 0 Å². The third kappa shape index (κ3) is 1.52. The fraction of sp³-hybridized carbons (Fsp3) is 0.0909. The monoisotopic (exact) mass is 219 g/mol. The standard InChI is InChI=1S/C11H9NO4/c1-16-11(15)9-3-2-8-6-7(10(13)14)4-5-12(8)9/h2-6H,1H3,(H,13,14). The average molecular weight is 219 g/mol. The van der Waals surface area contributed by atoms with Gasteiger partial charge in [0.05, 0.1) is 12.7 Å². The van der Waals surface area contributed by atoms with Gasteiger partial charge in [-0.1, -0.05) is 0 Å². The van der Waals surface area contributed by atoms with Gasteiger partial charge in [0.1, 0.15) is 5.69 Å². The number of esters is 1. The highest BCUT2D eigenvalue weighted by molar-refractivity contribution is 5.92. The van der Waals surface area contributed by atoms with Crippen LogP contribution >= 0.6 is 0 Å². The van der Waals surface area contributed by atoms with E-state index in [2.05, 4.69) is 4.74 Å². The summed E-state index contributed by atoms with van der Waals surface area (Å²) < 4.78 is 6.19. The van der Waals surface area contributed by atoms with E-state index in [4.69, 9.17) is 5.11 Å². The van der Waals surface area contributed by atoms with Gasteiger partial charge >= 0.3 is 11.9 Å². The maximum absolute atomic E-state index is 11.3. The Labute approximate surface area is 90.9 Å². The zero-order chi connectivity index (χ0) is 11.7. The number of hydrogen-bond acceptors (Lipinski definition) is 3. The van der Waals surface area contributed by atoms with Crippen molar-refractivity contribution in [2.24, 2.45) is 0 Å². The molecule has 0 aliphatic heterocycles. The number of aromatic carboxylic acids is 1. The molecule has 5 nitrogen and oxygen atoms in total. The molecule has 2 aromatic rings. The molecule has 2 aromatic heterocycles. The molecule has 1 N–H and O–H groups in total. The van der Waals surface area contributed by atoms with Gasteiger partial charge in [0, 0.05) is 11.7 Å². The van der Waals surface area contributed by atoms with Crippen molar-refractivity contribution in [1.29, 1.82) is 0 Å². The number of aromatic nitrogens is 1. The highest BCUT2D eigenvalue weighted by Crippen LogP contribution is 2.13. The summed E-state index contributed by atoms with van der Waals surface area (Å²) >= 11 is 0. The summed E-state index contributed by atoms with van der Waals surface area (Å²) in [7, 11) is 1.30. The summed E-state index contributed by atoms with van der Waals surface area (Å²) in [5.41, 5.74) is 1.19. The fourth-order valence-electron chi connectivity index (χ4n) is 1.51. The van der Waals surface area contributed by atoms with Crippen molar-refractivity contribution in [3.63, 3.8) is 0 Å².